The lowest BCUT2D eigenvalue weighted by molar-refractivity contribution is -0.126. The quantitative estimate of drug-likeness (QED) is 0.262. The SMILES string of the molecule is C#Cc1cnc2ccc(OC(SC)C(=O)NC(C)(C)C(C)C=C(ON)C(F)F)cc2c1. The molecule has 6 nitrogen and oxygen atoms in total. The number of fused-ring (bicyclic) bond motifs is 1. The maximum Gasteiger partial charge on any atom is 0.296 e. The molecule has 0 radical (unpaired) electrons. The summed E-state index contributed by atoms with van der Waals surface area (Å²) >= 11 is 1.20. The molecule has 31 heavy (non-hydrogen) atoms. The lowest BCUT2D eigenvalue weighted by Crippen LogP contribution is -2.51. The zero-order valence-electron chi connectivity index (χ0n) is 17.7. The Bertz CT molecular complexity index is 1010. The molecule has 0 saturated heterocycles. The van der Waals surface area contributed by atoms with E-state index in [0.29, 0.717) is 11.3 Å². The molecule has 1 heterocycles. The van der Waals surface area contributed by atoms with Gasteiger partial charge in [0.1, 0.15) is 5.75 Å². The molecule has 0 aliphatic heterocycles. The fourth-order valence-electron chi connectivity index (χ4n) is 2.70. The number of nitrogens with zero attached hydrogens (tertiary/aromatic N) is 1. The fraction of sp³-hybridized carbons (Fsp3) is 0.364. The summed E-state index contributed by atoms with van der Waals surface area (Å²) in [6, 6.07) is 7.05. The van der Waals surface area contributed by atoms with Crippen molar-refractivity contribution in [2.24, 2.45) is 11.8 Å². The van der Waals surface area contributed by atoms with Gasteiger partial charge in [0.15, 0.2) is 5.76 Å². The molecule has 166 valence electrons. The fourth-order valence-corrected chi connectivity index (χ4v) is 3.18. The summed E-state index contributed by atoms with van der Waals surface area (Å²) in [6.45, 7) is 5.11. The number of amides is 1. The second kappa shape index (κ2) is 10.5. The standard InChI is InChI=1S/C22H25F2N3O3S/c1-6-14-10-15-11-16(7-8-17(15)26-12-14)29-21(31-5)20(28)27-22(3,4)13(2)9-18(30-25)19(23)24/h1,7-13,19,21H,25H2,2-5H3,(H,27,28). The van der Waals surface area contributed by atoms with Gasteiger partial charge in [-0.05, 0) is 50.4 Å². The number of rotatable bonds is 9. The Kier molecular flexibility index (Phi) is 8.25. The Balaban J connectivity index is 2.16. The number of carbonyl (C=O) groups excluding carboxylic acids is 1. The third-order valence-electron chi connectivity index (χ3n) is 4.84. The van der Waals surface area contributed by atoms with Gasteiger partial charge in [-0.2, -0.15) is 5.90 Å². The Hall–Kier alpha value is -2.83. The van der Waals surface area contributed by atoms with Crippen LogP contribution in [-0.2, 0) is 9.63 Å². The molecular weight excluding hydrogens is 424 g/mol. The number of aromatic nitrogens is 1. The summed E-state index contributed by atoms with van der Waals surface area (Å²) in [5.41, 5.74) is -0.355. The van der Waals surface area contributed by atoms with Gasteiger partial charge in [-0.1, -0.05) is 12.8 Å². The molecule has 0 fully saturated rings. The molecule has 3 N–H and O–H groups in total. The van der Waals surface area contributed by atoms with Gasteiger partial charge in [-0.3, -0.25) is 9.78 Å². The molecule has 1 aromatic heterocycles. The molecule has 9 heteroatoms. The van der Waals surface area contributed by atoms with Crippen LogP contribution in [0.25, 0.3) is 10.9 Å². The van der Waals surface area contributed by atoms with Crippen molar-refractivity contribution in [3.05, 3.63) is 47.9 Å². The van der Waals surface area contributed by atoms with Gasteiger partial charge in [0.2, 0.25) is 5.44 Å². The first-order valence-electron chi connectivity index (χ1n) is 9.35. The van der Waals surface area contributed by atoms with Crippen LogP contribution in [0.2, 0.25) is 0 Å². The second-order valence-electron chi connectivity index (χ2n) is 7.40. The zero-order chi connectivity index (χ0) is 23.2. The van der Waals surface area contributed by atoms with Crippen LogP contribution < -0.4 is 16.0 Å². The topological polar surface area (TPSA) is 86.5 Å². The third kappa shape index (κ3) is 6.32. The third-order valence-corrected chi connectivity index (χ3v) is 5.58. The van der Waals surface area contributed by atoms with Crippen LogP contribution in [0, 0.1) is 18.3 Å². The average Bonchev–Trinajstić information content (AvgIpc) is 2.74. The molecule has 2 atom stereocenters. The van der Waals surface area contributed by atoms with Gasteiger partial charge in [0, 0.05) is 28.6 Å². The van der Waals surface area contributed by atoms with E-state index in [1.165, 1.54) is 17.8 Å². The largest absolute Gasteiger partial charge is 0.470 e. The highest BCUT2D eigenvalue weighted by molar-refractivity contribution is 7.99. The number of alkyl halides is 2. The minimum Gasteiger partial charge on any atom is -0.470 e. The van der Waals surface area contributed by atoms with Gasteiger partial charge in [0.25, 0.3) is 12.3 Å². The maximum absolute atomic E-state index is 12.9. The van der Waals surface area contributed by atoms with Gasteiger partial charge in [0.05, 0.1) is 5.52 Å². The van der Waals surface area contributed by atoms with Crippen molar-refractivity contribution in [3.63, 3.8) is 0 Å². The summed E-state index contributed by atoms with van der Waals surface area (Å²) in [5, 5.41) is 3.63. The first-order chi connectivity index (χ1) is 14.6. The maximum atomic E-state index is 12.9. The molecule has 1 amide bonds. The number of nitrogens with two attached hydrogens (primary N) is 1. The molecule has 0 aliphatic carbocycles. The highest BCUT2D eigenvalue weighted by Crippen LogP contribution is 2.25. The van der Waals surface area contributed by atoms with Crippen LogP contribution in [0.4, 0.5) is 8.78 Å². The zero-order valence-corrected chi connectivity index (χ0v) is 18.5. The number of thioether (sulfide) groups is 1. The monoisotopic (exact) mass is 449 g/mol. The van der Waals surface area contributed by atoms with E-state index in [0.717, 1.165) is 10.9 Å². The first-order valence-corrected chi connectivity index (χ1v) is 10.6. The molecule has 2 aromatic rings. The second-order valence-corrected chi connectivity index (χ2v) is 8.30. The number of benzene rings is 1. The number of hydrogen-bond acceptors (Lipinski definition) is 6. The summed E-state index contributed by atoms with van der Waals surface area (Å²) in [5.74, 6) is 6.36. The number of ether oxygens (including phenoxy) is 1. The van der Waals surface area contributed by atoms with Crippen LogP contribution in [0.15, 0.2) is 42.3 Å². The van der Waals surface area contributed by atoms with E-state index in [4.69, 9.17) is 17.1 Å². The predicted molar refractivity (Wildman–Crippen MR) is 118 cm³/mol. The molecule has 0 aliphatic rings. The average molecular weight is 450 g/mol. The van der Waals surface area contributed by atoms with Crippen molar-refractivity contribution in [1.82, 2.24) is 10.3 Å². The van der Waals surface area contributed by atoms with Gasteiger partial charge < -0.3 is 14.9 Å². The van der Waals surface area contributed by atoms with Crippen molar-refractivity contribution < 1.29 is 23.1 Å². The summed E-state index contributed by atoms with van der Waals surface area (Å²) in [7, 11) is 0. The van der Waals surface area contributed by atoms with E-state index in [9.17, 15) is 13.6 Å². The van der Waals surface area contributed by atoms with Crippen LogP contribution >= 0.6 is 11.8 Å². The van der Waals surface area contributed by atoms with E-state index in [-0.39, 0.29) is 0 Å². The number of terminal acetylenes is 1. The first kappa shape index (κ1) is 24.4. The van der Waals surface area contributed by atoms with Crippen molar-refractivity contribution in [3.8, 4) is 18.1 Å². The lowest BCUT2D eigenvalue weighted by atomic mass is 9.88. The van der Waals surface area contributed by atoms with Gasteiger partial charge in [-0.15, -0.1) is 18.2 Å². The number of halogens is 2. The van der Waals surface area contributed by atoms with Gasteiger partial charge >= 0.3 is 0 Å². The van der Waals surface area contributed by atoms with Crippen molar-refractivity contribution in [2.45, 2.75) is 38.2 Å². The van der Waals surface area contributed by atoms with Crippen LogP contribution in [0.5, 0.6) is 5.75 Å². The minimum absolute atomic E-state index is 0.402. The number of nitrogens with one attached hydrogen (secondary N) is 1. The van der Waals surface area contributed by atoms with Crippen LogP contribution in [-0.4, -0.2) is 34.5 Å². The number of pyridine rings is 1. The smallest absolute Gasteiger partial charge is 0.296 e. The highest BCUT2D eigenvalue weighted by Gasteiger charge is 2.31. The Morgan fingerprint density at radius 2 is 2.10 bits per heavy atom. The number of carbonyl (C=O) groups is 1. The van der Waals surface area contributed by atoms with E-state index in [2.05, 4.69) is 21.1 Å². The summed E-state index contributed by atoms with van der Waals surface area (Å²) < 4.78 is 31.7. The van der Waals surface area contributed by atoms with E-state index in [1.54, 1.807) is 57.5 Å². The molecule has 2 unspecified atom stereocenters. The Morgan fingerprint density at radius 3 is 2.68 bits per heavy atom. The highest BCUT2D eigenvalue weighted by atomic mass is 32.2. The minimum atomic E-state index is -2.85. The molecule has 0 spiro atoms. The molecular formula is C22H25F2N3O3S. The van der Waals surface area contributed by atoms with Crippen LogP contribution in [0.3, 0.4) is 0 Å². The Morgan fingerprint density at radius 1 is 1.39 bits per heavy atom. The predicted octanol–water partition coefficient (Wildman–Crippen LogP) is 3.85. The van der Waals surface area contributed by atoms with Crippen molar-refractivity contribution >= 4 is 28.6 Å². The van der Waals surface area contributed by atoms with E-state index >= 15 is 0 Å². The van der Waals surface area contributed by atoms with Crippen LogP contribution in [0.1, 0.15) is 26.3 Å². The van der Waals surface area contributed by atoms with E-state index in [1.807, 2.05) is 0 Å². The molecule has 1 aromatic carbocycles. The molecule has 0 bridgehead atoms. The molecule has 2 rings (SSSR count). The van der Waals surface area contributed by atoms with Gasteiger partial charge in [-0.25, -0.2) is 8.78 Å². The van der Waals surface area contributed by atoms with E-state index < -0.39 is 35.0 Å². The lowest BCUT2D eigenvalue weighted by Gasteiger charge is -2.33. The molecule has 0 saturated carbocycles. The Labute approximate surface area is 184 Å². The normalized spacial score (nSPS) is 14.1. The number of allylic oxidation sites excluding steroid dienone is 1. The van der Waals surface area contributed by atoms with Crippen molar-refractivity contribution in [1.29, 1.82) is 0 Å². The number of hydrogen-bond donors (Lipinski definition) is 2. The van der Waals surface area contributed by atoms with Crippen molar-refractivity contribution in [2.75, 3.05) is 6.26 Å². The summed E-state index contributed by atoms with van der Waals surface area (Å²) in [6.07, 6.45) is 7.10. The summed E-state index contributed by atoms with van der Waals surface area (Å²) in [4.78, 5) is 21.3.